The van der Waals surface area contributed by atoms with Crippen molar-refractivity contribution in [2.24, 2.45) is 5.84 Å². The number of hydrazine groups is 1. The van der Waals surface area contributed by atoms with E-state index >= 15 is 0 Å². The zero-order valence-electron chi connectivity index (χ0n) is 9.31. The molecule has 0 spiro atoms. The summed E-state index contributed by atoms with van der Waals surface area (Å²) >= 11 is 7.76. The predicted molar refractivity (Wildman–Crippen MR) is 71.5 cm³/mol. The summed E-state index contributed by atoms with van der Waals surface area (Å²) in [5, 5.41) is 2.65. The van der Waals surface area contributed by atoms with E-state index in [2.05, 4.69) is 5.43 Å². The van der Waals surface area contributed by atoms with Crippen LogP contribution in [0.4, 0.5) is 0 Å². The molecule has 0 fully saturated rings. The van der Waals surface area contributed by atoms with E-state index in [4.69, 9.17) is 22.2 Å². The van der Waals surface area contributed by atoms with Crippen LogP contribution < -0.4 is 16.0 Å². The van der Waals surface area contributed by atoms with Crippen molar-refractivity contribution in [1.82, 2.24) is 5.43 Å². The van der Waals surface area contributed by atoms with Gasteiger partial charge in [0.2, 0.25) is 0 Å². The summed E-state index contributed by atoms with van der Waals surface area (Å²) in [6.45, 7) is 0. The maximum Gasteiger partial charge on any atom is 0.134 e. The van der Waals surface area contributed by atoms with Gasteiger partial charge in [-0.3, -0.25) is 5.84 Å². The van der Waals surface area contributed by atoms with Crippen molar-refractivity contribution >= 4 is 22.9 Å². The second-order valence-electron chi connectivity index (χ2n) is 3.47. The van der Waals surface area contributed by atoms with E-state index in [1.54, 1.807) is 18.4 Å². The minimum Gasteiger partial charge on any atom is -0.496 e. The molecule has 0 aliphatic rings. The molecule has 1 atom stereocenters. The fourth-order valence-electron chi connectivity index (χ4n) is 1.70. The number of halogens is 1. The van der Waals surface area contributed by atoms with Gasteiger partial charge in [-0.2, -0.15) is 0 Å². The lowest BCUT2D eigenvalue weighted by molar-refractivity contribution is 0.408. The van der Waals surface area contributed by atoms with Crippen LogP contribution in [-0.2, 0) is 0 Å². The fraction of sp³-hybridized carbons (Fsp3) is 0.167. The highest BCUT2D eigenvalue weighted by atomic mass is 35.5. The topological polar surface area (TPSA) is 47.3 Å². The largest absolute Gasteiger partial charge is 0.496 e. The van der Waals surface area contributed by atoms with Gasteiger partial charge in [-0.1, -0.05) is 29.8 Å². The molecule has 1 unspecified atom stereocenters. The smallest absolute Gasteiger partial charge is 0.134 e. The van der Waals surface area contributed by atoms with Gasteiger partial charge in [0.1, 0.15) is 5.75 Å². The molecular formula is C12H13ClN2OS. The van der Waals surface area contributed by atoms with Gasteiger partial charge >= 0.3 is 0 Å². The van der Waals surface area contributed by atoms with Crippen molar-refractivity contribution in [2.75, 3.05) is 7.11 Å². The first-order chi connectivity index (χ1) is 8.27. The molecule has 17 heavy (non-hydrogen) atoms. The van der Waals surface area contributed by atoms with Crippen LogP contribution in [0.2, 0.25) is 5.02 Å². The Morgan fingerprint density at radius 2 is 2.12 bits per heavy atom. The van der Waals surface area contributed by atoms with Gasteiger partial charge in [0.25, 0.3) is 0 Å². The minimum absolute atomic E-state index is 0.154. The highest BCUT2D eigenvalue weighted by molar-refractivity contribution is 7.10. The van der Waals surface area contributed by atoms with Crippen molar-refractivity contribution < 1.29 is 4.74 Å². The summed E-state index contributed by atoms with van der Waals surface area (Å²) in [5.41, 5.74) is 3.72. The number of hydrogen-bond acceptors (Lipinski definition) is 4. The third kappa shape index (κ3) is 2.45. The molecule has 90 valence electrons. The third-order valence-electron chi connectivity index (χ3n) is 2.52. The molecular weight excluding hydrogens is 256 g/mol. The highest BCUT2D eigenvalue weighted by Gasteiger charge is 2.20. The van der Waals surface area contributed by atoms with E-state index in [0.717, 1.165) is 16.2 Å². The van der Waals surface area contributed by atoms with E-state index < -0.39 is 0 Å². The number of methoxy groups -OCH3 is 1. The molecule has 2 rings (SSSR count). The van der Waals surface area contributed by atoms with Gasteiger partial charge in [-0.15, -0.1) is 11.3 Å². The van der Waals surface area contributed by atoms with Crippen molar-refractivity contribution in [2.45, 2.75) is 6.04 Å². The summed E-state index contributed by atoms with van der Waals surface area (Å²) < 4.78 is 5.30. The normalized spacial score (nSPS) is 12.4. The Kier molecular flexibility index (Phi) is 4.02. The molecule has 0 saturated heterocycles. The summed E-state index contributed by atoms with van der Waals surface area (Å²) in [4.78, 5) is 1.02. The lowest BCUT2D eigenvalue weighted by Gasteiger charge is -2.17. The van der Waals surface area contributed by atoms with Crippen LogP contribution in [0.1, 0.15) is 16.5 Å². The van der Waals surface area contributed by atoms with Crippen molar-refractivity contribution in [3.63, 3.8) is 0 Å². The molecule has 1 aromatic heterocycles. The maximum absolute atomic E-state index is 6.18. The molecule has 0 aliphatic heterocycles. The fourth-order valence-corrected chi connectivity index (χ4v) is 2.89. The molecule has 0 aliphatic carbocycles. The van der Waals surface area contributed by atoms with Gasteiger partial charge in [0.15, 0.2) is 0 Å². The first-order valence-corrected chi connectivity index (χ1v) is 6.35. The molecule has 3 nitrogen and oxygen atoms in total. The Morgan fingerprint density at radius 1 is 1.35 bits per heavy atom. The molecule has 1 aromatic carbocycles. The summed E-state index contributed by atoms with van der Waals surface area (Å²) in [6, 6.07) is 9.39. The predicted octanol–water partition coefficient (Wildman–Crippen LogP) is 2.96. The van der Waals surface area contributed by atoms with Crippen molar-refractivity contribution in [3.8, 4) is 5.75 Å². The van der Waals surface area contributed by atoms with Crippen molar-refractivity contribution in [3.05, 3.63) is 51.2 Å². The molecule has 0 amide bonds. The molecule has 2 aromatic rings. The first-order valence-electron chi connectivity index (χ1n) is 5.10. The van der Waals surface area contributed by atoms with E-state index in [-0.39, 0.29) is 6.04 Å². The first kappa shape index (κ1) is 12.4. The Hall–Kier alpha value is -1.07. The monoisotopic (exact) mass is 268 g/mol. The Morgan fingerprint density at radius 3 is 2.76 bits per heavy atom. The van der Waals surface area contributed by atoms with Crippen LogP contribution >= 0.6 is 22.9 Å². The number of rotatable bonds is 4. The lowest BCUT2D eigenvalue weighted by Crippen LogP contribution is -2.28. The molecule has 0 saturated carbocycles. The Labute approximate surface area is 109 Å². The van der Waals surface area contributed by atoms with E-state index in [0.29, 0.717) is 5.02 Å². The van der Waals surface area contributed by atoms with Crippen LogP contribution in [0.5, 0.6) is 5.75 Å². The Balaban J connectivity index is 2.44. The van der Waals surface area contributed by atoms with Crippen LogP contribution in [0.25, 0.3) is 0 Å². The van der Waals surface area contributed by atoms with Gasteiger partial charge < -0.3 is 4.74 Å². The summed E-state index contributed by atoms with van der Waals surface area (Å²) in [7, 11) is 1.64. The van der Waals surface area contributed by atoms with Crippen LogP contribution in [0.3, 0.4) is 0 Å². The number of thiophene rings is 1. The van der Waals surface area contributed by atoms with E-state index in [1.807, 2.05) is 35.7 Å². The van der Waals surface area contributed by atoms with E-state index in [9.17, 15) is 0 Å². The molecule has 1 heterocycles. The standard InChI is InChI=1S/C12H13ClN2OS/c1-16-10-6-7-17-12(10)11(15-14)8-4-2-3-5-9(8)13/h2-7,11,15H,14H2,1H3. The average Bonchev–Trinajstić information content (AvgIpc) is 2.81. The minimum atomic E-state index is -0.154. The van der Waals surface area contributed by atoms with Crippen LogP contribution in [-0.4, -0.2) is 7.11 Å². The van der Waals surface area contributed by atoms with Crippen LogP contribution in [0, 0.1) is 0 Å². The lowest BCUT2D eigenvalue weighted by atomic mass is 10.1. The molecule has 0 radical (unpaired) electrons. The SMILES string of the molecule is COc1ccsc1C(NN)c1ccccc1Cl. The maximum atomic E-state index is 6.18. The summed E-state index contributed by atoms with van der Waals surface area (Å²) in [6.07, 6.45) is 0. The number of benzene rings is 1. The quantitative estimate of drug-likeness (QED) is 0.662. The molecule has 3 N–H and O–H groups in total. The van der Waals surface area contributed by atoms with Gasteiger partial charge in [0.05, 0.1) is 18.0 Å². The van der Waals surface area contributed by atoms with E-state index in [1.165, 1.54) is 0 Å². The third-order valence-corrected chi connectivity index (χ3v) is 3.83. The highest BCUT2D eigenvalue weighted by Crippen LogP contribution is 2.36. The van der Waals surface area contributed by atoms with Crippen LogP contribution in [0.15, 0.2) is 35.7 Å². The van der Waals surface area contributed by atoms with Gasteiger partial charge in [-0.05, 0) is 23.1 Å². The number of hydrogen-bond donors (Lipinski definition) is 2. The number of ether oxygens (including phenoxy) is 1. The van der Waals surface area contributed by atoms with Gasteiger partial charge in [-0.25, -0.2) is 5.43 Å². The second-order valence-corrected chi connectivity index (χ2v) is 4.83. The second kappa shape index (κ2) is 5.51. The molecule has 5 heteroatoms. The van der Waals surface area contributed by atoms with Crippen molar-refractivity contribution in [1.29, 1.82) is 0 Å². The number of nitrogens with two attached hydrogens (primary N) is 1. The summed E-state index contributed by atoms with van der Waals surface area (Å²) in [5.74, 6) is 6.45. The zero-order chi connectivity index (χ0) is 12.3. The van der Waals surface area contributed by atoms with Gasteiger partial charge in [0, 0.05) is 5.02 Å². The Bertz CT molecular complexity index is 501. The number of nitrogens with one attached hydrogen (secondary N) is 1. The zero-order valence-corrected chi connectivity index (χ0v) is 10.9. The molecule has 0 bridgehead atoms. The average molecular weight is 269 g/mol.